The fourth-order valence-corrected chi connectivity index (χ4v) is 2.91. The van der Waals surface area contributed by atoms with Gasteiger partial charge >= 0.3 is 0 Å². The highest BCUT2D eigenvalue weighted by molar-refractivity contribution is 5.89. The number of nitrogens with one attached hydrogen (secondary N) is 2. The average molecular weight is 345 g/mol. The van der Waals surface area contributed by atoms with Crippen molar-refractivity contribution in [3.05, 3.63) is 35.9 Å². The van der Waals surface area contributed by atoms with E-state index in [2.05, 4.69) is 10.6 Å². The summed E-state index contributed by atoms with van der Waals surface area (Å²) in [6, 6.07) is 9.77. The lowest BCUT2D eigenvalue weighted by atomic mass is 10.1. The number of benzene rings is 1. The second kappa shape index (κ2) is 8.65. The zero-order valence-electron chi connectivity index (χ0n) is 15.1. The van der Waals surface area contributed by atoms with Crippen molar-refractivity contribution in [3.63, 3.8) is 0 Å². The van der Waals surface area contributed by atoms with Crippen molar-refractivity contribution >= 4 is 17.7 Å². The Morgan fingerprint density at radius 1 is 1.12 bits per heavy atom. The second-order valence-corrected chi connectivity index (χ2v) is 6.77. The first-order valence-corrected chi connectivity index (χ1v) is 8.80. The van der Waals surface area contributed by atoms with Crippen LogP contribution in [0.4, 0.5) is 0 Å². The average Bonchev–Trinajstić information content (AvgIpc) is 3.00. The predicted octanol–water partition coefficient (Wildman–Crippen LogP) is 1.48. The van der Waals surface area contributed by atoms with Gasteiger partial charge in [0.15, 0.2) is 0 Å². The Morgan fingerprint density at radius 2 is 1.76 bits per heavy atom. The third-order valence-corrected chi connectivity index (χ3v) is 4.53. The lowest BCUT2D eigenvalue weighted by Gasteiger charge is -2.25. The summed E-state index contributed by atoms with van der Waals surface area (Å²) in [5.74, 6) is -0.566. The van der Waals surface area contributed by atoms with Crippen LogP contribution in [-0.2, 0) is 14.4 Å². The second-order valence-electron chi connectivity index (χ2n) is 6.77. The van der Waals surface area contributed by atoms with Gasteiger partial charge in [-0.2, -0.15) is 0 Å². The van der Waals surface area contributed by atoms with Crippen LogP contribution in [0, 0.1) is 11.8 Å². The molecular formula is C19H27N3O3. The fraction of sp³-hybridized carbons (Fsp3) is 0.526. The predicted molar refractivity (Wildman–Crippen MR) is 95.5 cm³/mol. The third-order valence-electron chi connectivity index (χ3n) is 4.53. The summed E-state index contributed by atoms with van der Waals surface area (Å²) in [7, 11) is 0. The molecule has 0 aromatic heterocycles. The molecule has 1 aromatic rings. The Balaban J connectivity index is 1.81. The number of hydrogen-bond donors (Lipinski definition) is 2. The van der Waals surface area contributed by atoms with E-state index >= 15 is 0 Å². The molecule has 136 valence electrons. The van der Waals surface area contributed by atoms with Crippen molar-refractivity contribution in [2.45, 2.75) is 33.2 Å². The van der Waals surface area contributed by atoms with E-state index in [0.717, 1.165) is 5.56 Å². The van der Waals surface area contributed by atoms with Crippen LogP contribution < -0.4 is 10.6 Å². The van der Waals surface area contributed by atoms with E-state index < -0.39 is 0 Å². The molecule has 2 unspecified atom stereocenters. The molecule has 0 spiro atoms. The first kappa shape index (κ1) is 19.0. The van der Waals surface area contributed by atoms with E-state index in [1.165, 1.54) is 0 Å². The highest BCUT2D eigenvalue weighted by Crippen LogP contribution is 2.28. The maximum absolute atomic E-state index is 12.3. The van der Waals surface area contributed by atoms with E-state index in [1.807, 2.05) is 51.1 Å². The Labute approximate surface area is 149 Å². The highest BCUT2D eigenvalue weighted by atomic mass is 16.2. The Kier molecular flexibility index (Phi) is 6.56. The molecule has 6 nitrogen and oxygen atoms in total. The lowest BCUT2D eigenvalue weighted by molar-refractivity contribution is -0.130. The van der Waals surface area contributed by atoms with E-state index in [9.17, 15) is 14.4 Å². The number of rotatable bonds is 7. The maximum atomic E-state index is 12.3. The van der Waals surface area contributed by atoms with Crippen LogP contribution in [0.1, 0.15) is 38.8 Å². The number of nitrogens with zero attached hydrogens (tertiary/aromatic N) is 1. The minimum Gasteiger partial charge on any atom is -0.354 e. The molecule has 0 bridgehead atoms. The smallest absolute Gasteiger partial charge is 0.225 e. The number of hydrogen-bond acceptors (Lipinski definition) is 3. The molecule has 2 N–H and O–H groups in total. The quantitative estimate of drug-likeness (QED) is 0.735. The van der Waals surface area contributed by atoms with E-state index in [1.54, 1.807) is 4.90 Å². The Hall–Kier alpha value is -2.37. The zero-order valence-corrected chi connectivity index (χ0v) is 15.1. The van der Waals surface area contributed by atoms with Crippen LogP contribution >= 0.6 is 0 Å². The van der Waals surface area contributed by atoms with Gasteiger partial charge in [0, 0.05) is 32.0 Å². The van der Waals surface area contributed by atoms with Crippen LogP contribution in [0.15, 0.2) is 30.3 Å². The van der Waals surface area contributed by atoms with E-state index in [0.29, 0.717) is 19.6 Å². The molecule has 1 saturated heterocycles. The van der Waals surface area contributed by atoms with Gasteiger partial charge in [-0.25, -0.2) is 0 Å². The Morgan fingerprint density at radius 3 is 2.40 bits per heavy atom. The number of carbonyl (C=O) groups is 3. The van der Waals surface area contributed by atoms with Crippen LogP contribution in [0.2, 0.25) is 0 Å². The van der Waals surface area contributed by atoms with E-state index in [-0.39, 0.29) is 42.0 Å². The number of likely N-dealkylation sites (tertiary alicyclic amines) is 1. The largest absolute Gasteiger partial charge is 0.354 e. The van der Waals surface area contributed by atoms with Gasteiger partial charge in [0.05, 0.1) is 12.0 Å². The van der Waals surface area contributed by atoms with Gasteiger partial charge in [-0.3, -0.25) is 14.4 Å². The lowest BCUT2D eigenvalue weighted by Crippen LogP contribution is -2.39. The SMILES string of the molecule is CC(C)C(=O)NCCNC(=O)C1CC(=O)N(C(C)c2ccccc2)C1. The first-order valence-electron chi connectivity index (χ1n) is 8.80. The van der Waals surface area contributed by atoms with Gasteiger partial charge in [-0.05, 0) is 12.5 Å². The Bertz CT molecular complexity index is 616. The van der Waals surface area contributed by atoms with Crippen molar-refractivity contribution in [3.8, 4) is 0 Å². The van der Waals surface area contributed by atoms with Crippen molar-refractivity contribution < 1.29 is 14.4 Å². The highest BCUT2D eigenvalue weighted by Gasteiger charge is 2.36. The van der Waals surface area contributed by atoms with Crippen LogP contribution in [0.5, 0.6) is 0 Å². The summed E-state index contributed by atoms with van der Waals surface area (Å²) in [6.07, 6.45) is 0.237. The molecule has 25 heavy (non-hydrogen) atoms. The van der Waals surface area contributed by atoms with Gasteiger partial charge in [0.1, 0.15) is 0 Å². The van der Waals surface area contributed by atoms with Gasteiger partial charge in [-0.15, -0.1) is 0 Å². The van der Waals surface area contributed by atoms with Crippen molar-refractivity contribution in [2.24, 2.45) is 11.8 Å². The van der Waals surface area contributed by atoms with E-state index in [4.69, 9.17) is 0 Å². The summed E-state index contributed by atoms with van der Waals surface area (Å²) in [4.78, 5) is 37.8. The standard InChI is InChI=1S/C19H27N3O3/c1-13(2)18(24)20-9-10-21-19(25)16-11-17(23)22(12-16)14(3)15-7-5-4-6-8-15/h4-8,13-14,16H,9-12H2,1-3H3,(H,20,24)(H,21,25). The molecule has 3 amide bonds. The topological polar surface area (TPSA) is 78.5 Å². The van der Waals surface area contributed by atoms with Crippen molar-refractivity contribution in [1.82, 2.24) is 15.5 Å². The normalized spacial score (nSPS) is 18.3. The third kappa shape index (κ3) is 5.05. The first-order chi connectivity index (χ1) is 11.9. The molecule has 1 aliphatic heterocycles. The molecule has 1 aliphatic rings. The van der Waals surface area contributed by atoms with Crippen LogP contribution in [0.25, 0.3) is 0 Å². The van der Waals surface area contributed by atoms with Gasteiger partial charge in [-0.1, -0.05) is 44.2 Å². The van der Waals surface area contributed by atoms with Crippen LogP contribution in [-0.4, -0.2) is 42.3 Å². The minimum absolute atomic E-state index is 0.00427. The molecule has 2 rings (SSSR count). The summed E-state index contributed by atoms with van der Waals surface area (Å²) in [5, 5.41) is 5.56. The molecule has 2 atom stereocenters. The summed E-state index contributed by atoms with van der Waals surface area (Å²) >= 11 is 0. The molecule has 0 radical (unpaired) electrons. The summed E-state index contributed by atoms with van der Waals surface area (Å²) < 4.78 is 0. The number of amides is 3. The van der Waals surface area contributed by atoms with Gasteiger partial charge < -0.3 is 15.5 Å². The molecule has 0 aliphatic carbocycles. The molecule has 1 aromatic carbocycles. The fourth-order valence-electron chi connectivity index (χ4n) is 2.91. The van der Waals surface area contributed by atoms with Crippen LogP contribution in [0.3, 0.4) is 0 Å². The van der Waals surface area contributed by atoms with Crippen molar-refractivity contribution in [1.29, 1.82) is 0 Å². The number of carbonyl (C=O) groups excluding carboxylic acids is 3. The zero-order chi connectivity index (χ0) is 18.4. The molecule has 0 saturated carbocycles. The monoisotopic (exact) mass is 345 g/mol. The molecular weight excluding hydrogens is 318 g/mol. The van der Waals surface area contributed by atoms with Crippen molar-refractivity contribution in [2.75, 3.05) is 19.6 Å². The van der Waals surface area contributed by atoms with Gasteiger partial charge in [0.25, 0.3) is 0 Å². The molecule has 1 fully saturated rings. The minimum atomic E-state index is -0.334. The molecule has 6 heteroatoms. The summed E-state index contributed by atoms with van der Waals surface area (Å²) in [6.45, 7) is 6.82. The maximum Gasteiger partial charge on any atom is 0.225 e. The van der Waals surface area contributed by atoms with Gasteiger partial charge in [0.2, 0.25) is 17.7 Å². The molecule has 1 heterocycles. The summed E-state index contributed by atoms with van der Waals surface area (Å²) in [5.41, 5.74) is 1.06.